The van der Waals surface area contributed by atoms with E-state index in [0.717, 1.165) is 12.1 Å². The van der Waals surface area contributed by atoms with Crippen molar-refractivity contribution in [3.05, 3.63) is 18.3 Å². The first-order chi connectivity index (χ1) is 7.20. The topological polar surface area (TPSA) is 82.5 Å². The van der Waals surface area contributed by atoms with Gasteiger partial charge in [0.2, 0.25) is 5.95 Å². The Morgan fingerprint density at radius 2 is 2.13 bits per heavy atom. The molecule has 0 saturated heterocycles. The molecule has 0 spiro atoms. The van der Waals surface area contributed by atoms with Gasteiger partial charge in [0.15, 0.2) is 5.82 Å². The molecule has 2 aromatic heterocycles. The second-order valence-corrected chi connectivity index (χ2v) is 3.18. The van der Waals surface area contributed by atoms with Gasteiger partial charge in [0, 0.05) is 13.5 Å². The maximum Gasteiger partial charge on any atom is 0.223 e. The fraction of sp³-hybridized carbons (Fsp3) is 0.333. The Balaban J connectivity index is 2.53. The van der Waals surface area contributed by atoms with Crippen LogP contribution in [0.3, 0.4) is 0 Å². The summed E-state index contributed by atoms with van der Waals surface area (Å²) in [5, 5.41) is 0. The fourth-order valence-electron chi connectivity index (χ4n) is 1.28. The van der Waals surface area contributed by atoms with Gasteiger partial charge in [0.25, 0.3) is 0 Å². The van der Waals surface area contributed by atoms with Crippen molar-refractivity contribution < 1.29 is 0 Å². The van der Waals surface area contributed by atoms with Gasteiger partial charge in [-0.2, -0.15) is 9.97 Å². The van der Waals surface area contributed by atoms with Gasteiger partial charge >= 0.3 is 0 Å². The molecule has 0 atom stereocenters. The number of aromatic nitrogens is 5. The number of nitrogens with zero attached hydrogens (tertiary/aromatic N) is 5. The molecule has 6 heteroatoms. The van der Waals surface area contributed by atoms with E-state index in [-0.39, 0.29) is 5.95 Å². The summed E-state index contributed by atoms with van der Waals surface area (Å²) in [6, 6.07) is 0. The summed E-state index contributed by atoms with van der Waals surface area (Å²) in [7, 11) is 1.88. The molecule has 0 amide bonds. The molecule has 2 rings (SSSR count). The van der Waals surface area contributed by atoms with Crippen LogP contribution in [0.15, 0.2) is 12.5 Å². The summed E-state index contributed by atoms with van der Waals surface area (Å²) in [4.78, 5) is 16.4. The summed E-state index contributed by atoms with van der Waals surface area (Å²) in [6.45, 7) is 1.97. The molecular weight excluding hydrogens is 192 g/mol. The molecule has 78 valence electrons. The maximum atomic E-state index is 5.60. The SMILES string of the molecule is CCc1nc(N)nc(-c2cncn2C)n1. The van der Waals surface area contributed by atoms with Gasteiger partial charge in [-0.15, -0.1) is 0 Å². The van der Waals surface area contributed by atoms with E-state index in [4.69, 9.17) is 5.73 Å². The second kappa shape index (κ2) is 3.64. The number of hydrogen-bond acceptors (Lipinski definition) is 5. The van der Waals surface area contributed by atoms with E-state index in [1.54, 1.807) is 12.5 Å². The Hall–Kier alpha value is -1.98. The van der Waals surface area contributed by atoms with Crippen LogP contribution in [0.4, 0.5) is 5.95 Å². The van der Waals surface area contributed by atoms with Gasteiger partial charge < -0.3 is 10.3 Å². The van der Waals surface area contributed by atoms with Gasteiger partial charge in [0.05, 0.1) is 12.5 Å². The molecule has 15 heavy (non-hydrogen) atoms. The van der Waals surface area contributed by atoms with E-state index >= 15 is 0 Å². The zero-order valence-electron chi connectivity index (χ0n) is 8.68. The lowest BCUT2D eigenvalue weighted by atomic mass is 10.4. The average Bonchev–Trinajstić information content (AvgIpc) is 2.63. The Kier molecular flexibility index (Phi) is 2.32. The van der Waals surface area contributed by atoms with Crippen molar-refractivity contribution in [1.29, 1.82) is 0 Å². The molecular formula is C9H12N6. The smallest absolute Gasteiger partial charge is 0.223 e. The zero-order chi connectivity index (χ0) is 10.8. The van der Waals surface area contributed by atoms with Crippen LogP contribution in [0.25, 0.3) is 11.5 Å². The minimum atomic E-state index is 0.248. The lowest BCUT2D eigenvalue weighted by Gasteiger charge is -2.03. The first kappa shape index (κ1) is 9.57. The maximum absolute atomic E-state index is 5.60. The molecule has 0 bridgehead atoms. The van der Waals surface area contributed by atoms with E-state index in [1.807, 2.05) is 18.5 Å². The summed E-state index contributed by atoms with van der Waals surface area (Å²) in [6.07, 6.45) is 4.13. The summed E-state index contributed by atoms with van der Waals surface area (Å²) in [5.74, 6) is 1.51. The highest BCUT2D eigenvalue weighted by molar-refractivity contribution is 5.49. The highest BCUT2D eigenvalue weighted by Gasteiger charge is 2.08. The lowest BCUT2D eigenvalue weighted by Crippen LogP contribution is -2.05. The van der Waals surface area contributed by atoms with Crippen LogP contribution in [0, 0.1) is 0 Å². The van der Waals surface area contributed by atoms with Gasteiger partial charge in [-0.1, -0.05) is 6.92 Å². The molecule has 2 aromatic rings. The summed E-state index contributed by atoms with van der Waals surface area (Å²) >= 11 is 0. The minimum Gasteiger partial charge on any atom is -0.368 e. The molecule has 0 aromatic carbocycles. The quantitative estimate of drug-likeness (QED) is 0.766. The van der Waals surface area contributed by atoms with Crippen molar-refractivity contribution in [2.45, 2.75) is 13.3 Å². The van der Waals surface area contributed by atoms with Crippen molar-refractivity contribution >= 4 is 5.95 Å². The van der Waals surface area contributed by atoms with Crippen molar-refractivity contribution in [2.24, 2.45) is 7.05 Å². The Morgan fingerprint density at radius 1 is 1.33 bits per heavy atom. The molecule has 0 aliphatic rings. The first-order valence-corrected chi connectivity index (χ1v) is 4.68. The van der Waals surface area contributed by atoms with E-state index in [0.29, 0.717) is 11.6 Å². The zero-order valence-corrected chi connectivity index (χ0v) is 8.68. The molecule has 0 fully saturated rings. The number of hydrogen-bond donors (Lipinski definition) is 1. The minimum absolute atomic E-state index is 0.248. The molecule has 2 N–H and O–H groups in total. The van der Waals surface area contributed by atoms with Crippen molar-refractivity contribution in [2.75, 3.05) is 5.73 Å². The van der Waals surface area contributed by atoms with E-state index in [1.165, 1.54) is 0 Å². The highest BCUT2D eigenvalue weighted by atomic mass is 15.1. The van der Waals surface area contributed by atoms with Crippen molar-refractivity contribution in [3.8, 4) is 11.5 Å². The van der Waals surface area contributed by atoms with Crippen LogP contribution in [-0.4, -0.2) is 24.5 Å². The molecule has 0 aliphatic heterocycles. The molecule has 0 unspecified atom stereocenters. The van der Waals surface area contributed by atoms with Crippen LogP contribution >= 0.6 is 0 Å². The van der Waals surface area contributed by atoms with Gasteiger partial charge in [-0.3, -0.25) is 0 Å². The number of rotatable bonds is 2. The summed E-state index contributed by atoms with van der Waals surface area (Å²) < 4.78 is 1.84. The largest absolute Gasteiger partial charge is 0.368 e. The summed E-state index contributed by atoms with van der Waals surface area (Å²) in [5.41, 5.74) is 6.43. The van der Waals surface area contributed by atoms with Crippen molar-refractivity contribution in [1.82, 2.24) is 24.5 Å². The molecule has 2 heterocycles. The van der Waals surface area contributed by atoms with Gasteiger partial charge in [-0.25, -0.2) is 9.97 Å². The van der Waals surface area contributed by atoms with E-state index in [2.05, 4.69) is 19.9 Å². The van der Waals surface area contributed by atoms with Crippen LogP contribution in [0.5, 0.6) is 0 Å². The van der Waals surface area contributed by atoms with Crippen LogP contribution in [0.2, 0.25) is 0 Å². The predicted molar refractivity (Wildman–Crippen MR) is 55.8 cm³/mol. The Morgan fingerprint density at radius 3 is 2.73 bits per heavy atom. The normalized spacial score (nSPS) is 10.5. The van der Waals surface area contributed by atoms with Crippen molar-refractivity contribution in [3.63, 3.8) is 0 Å². The van der Waals surface area contributed by atoms with Crippen LogP contribution in [-0.2, 0) is 13.5 Å². The number of aryl methyl sites for hydroxylation is 2. The Bertz CT molecular complexity index is 475. The third-order valence-corrected chi connectivity index (χ3v) is 2.06. The van der Waals surface area contributed by atoms with Crippen LogP contribution in [0.1, 0.15) is 12.7 Å². The molecule has 0 aliphatic carbocycles. The average molecular weight is 204 g/mol. The fourth-order valence-corrected chi connectivity index (χ4v) is 1.28. The first-order valence-electron chi connectivity index (χ1n) is 4.68. The van der Waals surface area contributed by atoms with E-state index < -0.39 is 0 Å². The van der Waals surface area contributed by atoms with Gasteiger partial charge in [-0.05, 0) is 0 Å². The molecule has 0 radical (unpaired) electrons. The molecule has 6 nitrogen and oxygen atoms in total. The number of nitrogens with two attached hydrogens (primary N) is 1. The van der Waals surface area contributed by atoms with E-state index in [9.17, 15) is 0 Å². The number of imidazole rings is 1. The number of nitrogen functional groups attached to an aromatic ring is 1. The second-order valence-electron chi connectivity index (χ2n) is 3.18. The lowest BCUT2D eigenvalue weighted by molar-refractivity contribution is 0.875. The number of anilines is 1. The predicted octanol–water partition coefficient (Wildman–Crippen LogP) is 0.417. The van der Waals surface area contributed by atoms with Gasteiger partial charge in [0.1, 0.15) is 11.5 Å². The third kappa shape index (κ3) is 1.78. The standard InChI is InChI=1S/C9H12N6/c1-3-7-12-8(14-9(10)13-7)6-4-11-5-15(6)2/h4-5H,3H2,1-2H3,(H2,10,12,13,14). The third-order valence-electron chi connectivity index (χ3n) is 2.06. The Labute approximate surface area is 87.2 Å². The molecule has 0 saturated carbocycles. The highest BCUT2D eigenvalue weighted by Crippen LogP contribution is 2.13. The monoisotopic (exact) mass is 204 g/mol. The van der Waals surface area contributed by atoms with Crippen LogP contribution < -0.4 is 5.73 Å².